The van der Waals surface area contributed by atoms with Crippen LogP contribution in [0.25, 0.3) is 0 Å². The standard InChI is InChI=1S/C8H12NO2.ClH/c1-9(2,3)8-5-4-7(6-10)11-8;/h4-6H,1-3H3;1H/q+1;/p-1. The molecule has 0 aromatic carbocycles. The van der Waals surface area contributed by atoms with E-state index in [1.54, 1.807) is 6.07 Å². The summed E-state index contributed by atoms with van der Waals surface area (Å²) in [6, 6.07) is 3.48. The van der Waals surface area contributed by atoms with Gasteiger partial charge in [-0.3, -0.25) is 9.28 Å². The van der Waals surface area contributed by atoms with Crippen molar-refractivity contribution in [3.63, 3.8) is 0 Å². The van der Waals surface area contributed by atoms with Crippen molar-refractivity contribution in [2.24, 2.45) is 0 Å². The van der Waals surface area contributed by atoms with Gasteiger partial charge in [0.25, 0.3) is 5.88 Å². The molecule has 0 fully saturated rings. The van der Waals surface area contributed by atoms with Gasteiger partial charge in [-0.15, -0.1) is 0 Å². The molecule has 0 N–H and O–H groups in total. The summed E-state index contributed by atoms with van der Waals surface area (Å²) in [7, 11) is 5.94. The van der Waals surface area contributed by atoms with Crippen LogP contribution in [0.4, 0.5) is 5.88 Å². The summed E-state index contributed by atoms with van der Waals surface area (Å²) in [5.41, 5.74) is 0. The Labute approximate surface area is 78.0 Å². The molecule has 3 nitrogen and oxygen atoms in total. The van der Waals surface area contributed by atoms with Crippen molar-refractivity contribution in [1.82, 2.24) is 4.48 Å². The number of carbonyl (C=O) groups excluding carboxylic acids is 1. The molecular weight excluding hydrogens is 178 g/mol. The molecule has 12 heavy (non-hydrogen) atoms. The molecule has 1 rings (SSSR count). The number of hydrogen-bond acceptors (Lipinski definition) is 2. The van der Waals surface area contributed by atoms with E-state index in [2.05, 4.69) is 0 Å². The largest absolute Gasteiger partial charge is 1.00 e. The van der Waals surface area contributed by atoms with Crippen LogP contribution in [0.15, 0.2) is 16.5 Å². The fourth-order valence-electron chi connectivity index (χ4n) is 0.766. The van der Waals surface area contributed by atoms with Crippen molar-refractivity contribution in [3.8, 4) is 0 Å². The van der Waals surface area contributed by atoms with Crippen molar-refractivity contribution < 1.29 is 21.6 Å². The highest BCUT2D eigenvalue weighted by atomic mass is 35.5. The highest BCUT2D eigenvalue weighted by Gasteiger charge is 2.16. The number of furan rings is 1. The lowest BCUT2D eigenvalue weighted by molar-refractivity contribution is -0.00000909. The Morgan fingerprint density at radius 2 is 1.92 bits per heavy atom. The van der Waals surface area contributed by atoms with E-state index < -0.39 is 0 Å². The van der Waals surface area contributed by atoms with E-state index in [1.807, 2.05) is 27.2 Å². The lowest BCUT2D eigenvalue weighted by Gasteiger charge is -2.18. The Bertz CT molecular complexity index is 262. The molecule has 0 bridgehead atoms. The SMILES string of the molecule is C[N+](C)(C)c1ccc(C=O)o1.[Cl-]. The third-order valence-electron chi connectivity index (χ3n) is 1.39. The molecule has 0 aliphatic carbocycles. The maximum absolute atomic E-state index is 10.2. The van der Waals surface area contributed by atoms with Gasteiger partial charge in [-0.25, -0.2) is 0 Å². The van der Waals surface area contributed by atoms with Crippen LogP contribution in [0.1, 0.15) is 10.6 Å². The third kappa shape index (κ3) is 2.36. The number of quaternary nitrogens is 1. The van der Waals surface area contributed by atoms with E-state index in [4.69, 9.17) is 4.42 Å². The van der Waals surface area contributed by atoms with Crippen LogP contribution in [0.2, 0.25) is 0 Å². The minimum atomic E-state index is 0. The fraction of sp³-hybridized carbons (Fsp3) is 0.375. The smallest absolute Gasteiger partial charge is 0.296 e. The van der Waals surface area contributed by atoms with Gasteiger partial charge in [0.2, 0.25) is 0 Å². The average Bonchev–Trinajstić information content (AvgIpc) is 2.32. The van der Waals surface area contributed by atoms with E-state index in [0.717, 1.165) is 5.88 Å². The molecule has 4 heteroatoms. The van der Waals surface area contributed by atoms with Crippen LogP contribution in [-0.4, -0.2) is 27.4 Å². The van der Waals surface area contributed by atoms with Crippen LogP contribution in [0, 0.1) is 0 Å². The zero-order chi connectivity index (χ0) is 8.48. The maximum atomic E-state index is 10.2. The first-order chi connectivity index (χ1) is 5.04. The molecule has 0 spiro atoms. The van der Waals surface area contributed by atoms with Crippen LogP contribution < -0.4 is 16.9 Å². The maximum Gasteiger partial charge on any atom is 0.296 e. The van der Waals surface area contributed by atoms with Crippen LogP contribution in [0.3, 0.4) is 0 Å². The highest BCUT2D eigenvalue weighted by molar-refractivity contribution is 5.71. The summed E-state index contributed by atoms with van der Waals surface area (Å²) >= 11 is 0. The Kier molecular flexibility index (Phi) is 3.49. The van der Waals surface area contributed by atoms with E-state index in [1.165, 1.54) is 0 Å². The fourth-order valence-corrected chi connectivity index (χ4v) is 0.766. The molecule has 1 heterocycles. The summed E-state index contributed by atoms with van der Waals surface area (Å²) in [4.78, 5) is 10.2. The molecule has 0 saturated heterocycles. The average molecular weight is 190 g/mol. The highest BCUT2D eigenvalue weighted by Crippen LogP contribution is 2.18. The summed E-state index contributed by atoms with van der Waals surface area (Å²) < 4.78 is 5.79. The molecule has 0 amide bonds. The number of aldehydes is 1. The van der Waals surface area contributed by atoms with Crippen molar-refractivity contribution in [2.45, 2.75) is 0 Å². The second kappa shape index (κ2) is 3.74. The summed E-state index contributed by atoms with van der Waals surface area (Å²) in [6.45, 7) is 0. The zero-order valence-corrected chi connectivity index (χ0v) is 8.13. The van der Waals surface area contributed by atoms with Crippen LogP contribution >= 0.6 is 0 Å². The first-order valence-electron chi connectivity index (χ1n) is 3.41. The van der Waals surface area contributed by atoms with E-state index in [9.17, 15) is 4.79 Å². The number of rotatable bonds is 2. The second-order valence-electron chi connectivity index (χ2n) is 3.31. The van der Waals surface area contributed by atoms with E-state index >= 15 is 0 Å². The Morgan fingerprint density at radius 3 is 2.17 bits per heavy atom. The normalized spacial score (nSPS) is 10.6. The minimum Gasteiger partial charge on any atom is -1.00 e. The quantitative estimate of drug-likeness (QED) is 0.410. The van der Waals surface area contributed by atoms with Gasteiger partial charge >= 0.3 is 0 Å². The second-order valence-corrected chi connectivity index (χ2v) is 3.31. The molecular formula is C8H12ClNO2. The lowest BCUT2D eigenvalue weighted by Crippen LogP contribution is -3.00. The lowest BCUT2D eigenvalue weighted by atomic mass is 10.5. The predicted octanol–water partition coefficient (Wildman–Crippen LogP) is -1.71. The van der Waals surface area contributed by atoms with Gasteiger partial charge in [0.15, 0.2) is 12.0 Å². The number of nitrogens with zero attached hydrogens (tertiary/aromatic N) is 1. The van der Waals surface area contributed by atoms with E-state index in [-0.39, 0.29) is 12.4 Å². The summed E-state index contributed by atoms with van der Waals surface area (Å²) in [5, 5.41) is 0. The number of halogens is 1. The first kappa shape index (κ1) is 11.2. The molecule has 1 aromatic rings. The third-order valence-corrected chi connectivity index (χ3v) is 1.39. The first-order valence-corrected chi connectivity index (χ1v) is 3.41. The van der Waals surface area contributed by atoms with Gasteiger partial charge in [0, 0.05) is 6.07 Å². The summed E-state index contributed by atoms with van der Waals surface area (Å²) in [5.74, 6) is 1.17. The molecule has 68 valence electrons. The predicted molar refractivity (Wildman–Crippen MR) is 43.7 cm³/mol. The molecule has 0 radical (unpaired) electrons. The Morgan fingerprint density at radius 1 is 1.33 bits per heavy atom. The van der Waals surface area contributed by atoms with Gasteiger partial charge < -0.3 is 16.8 Å². The van der Waals surface area contributed by atoms with Crippen LogP contribution in [0.5, 0.6) is 0 Å². The van der Waals surface area contributed by atoms with Gasteiger partial charge in [0.05, 0.1) is 21.1 Å². The zero-order valence-electron chi connectivity index (χ0n) is 7.37. The van der Waals surface area contributed by atoms with Crippen LogP contribution in [-0.2, 0) is 0 Å². The van der Waals surface area contributed by atoms with Gasteiger partial charge in [0.1, 0.15) is 0 Å². The Hall–Kier alpha value is -0.800. The van der Waals surface area contributed by atoms with Gasteiger partial charge in [-0.05, 0) is 6.07 Å². The monoisotopic (exact) mass is 189 g/mol. The topological polar surface area (TPSA) is 30.2 Å². The number of carbonyl (C=O) groups is 1. The Balaban J connectivity index is 0.00000121. The molecule has 1 aromatic heterocycles. The molecule has 0 saturated carbocycles. The number of hydrogen-bond donors (Lipinski definition) is 0. The van der Waals surface area contributed by atoms with E-state index in [0.29, 0.717) is 16.5 Å². The molecule has 0 aliphatic heterocycles. The van der Waals surface area contributed by atoms with Gasteiger partial charge in [-0.2, -0.15) is 0 Å². The van der Waals surface area contributed by atoms with Crippen molar-refractivity contribution in [2.75, 3.05) is 21.1 Å². The van der Waals surface area contributed by atoms with Crippen molar-refractivity contribution in [3.05, 3.63) is 17.9 Å². The van der Waals surface area contributed by atoms with Crippen molar-refractivity contribution >= 4 is 12.2 Å². The summed E-state index contributed by atoms with van der Waals surface area (Å²) in [6.07, 6.45) is 0.707. The van der Waals surface area contributed by atoms with Gasteiger partial charge in [-0.1, -0.05) is 0 Å². The molecule has 0 aliphatic rings. The molecule has 0 unspecified atom stereocenters. The molecule has 0 atom stereocenters. The van der Waals surface area contributed by atoms with Crippen molar-refractivity contribution in [1.29, 1.82) is 0 Å². The minimum absolute atomic E-state index is 0.